The van der Waals surface area contributed by atoms with E-state index in [-0.39, 0.29) is 58.0 Å². The zero-order chi connectivity index (χ0) is 38.2. The van der Waals surface area contributed by atoms with Gasteiger partial charge in [-0.25, -0.2) is 8.78 Å². The number of esters is 1. The number of hydrogen-bond donors (Lipinski definition) is 2. The molecule has 8 fully saturated rings. The smallest absolute Gasteiger partial charge is 0.309 e. The number of ether oxygens (including phenoxy) is 1. The molecule has 8 aliphatic rings. The molecule has 300 valence electrons. The summed E-state index contributed by atoms with van der Waals surface area (Å²) >= 11 is 0. The Bertz CT molecular complexity index is 1470. The number of carbonyl (C=O) groups is 2. The van der Waals surface area contributed by atoms with E-state index in [2.05, 4.69) is 51.8 Å². The molecule has 2 unspecified atom stereocenters. The third-order valence-corrected chi connectivity index (χ3v) is 19.9. The van der Waals surface area contributed by atoms with Crippen molar-refractivity contribution in [2.45, 2.75) is 169 Å². The predicted molar refractivity (Wildman–Crippen MR) is 203 cm³/mol. The maximum Gasteiger partial charge on any atom is 0.309 e. The number of nitrogens with zero attached hydrogens (tertiary/aromatic N) is 1. The number of hydrogen-bond acceptors (Lipinski definition) is 5. The van der Waals surface area contributed by atoms with Crippen LogP contribution in [0.25, 0.3) is 0 Å². The van der Waals surface area contributed by atoms with E-state index in [4.69, 9.17) is 4.74 Å². The minimum Gasteiger partial charge on any atom is -0.481 e. The summed E-state index contributed by atoms with van der Waals surface area (Å²) in [6, 6.07) is 0. The molecule has 0 spiro atoms. The average molecular weight is 743 g/mol. The molecule has 7 aliphatic carbocycles. The number of carboxylic acids is 1. The molecule has 2 N–H and O–H groups in total. The van der Waals surface area contributed by atoms with Crippen LogP contribution < -0.4 is 5.32 Å². The molecule has 6 nitrogen and oxygen atoms in total. The lowest BCUT2D eigenvalue weighted by Crippen LogP contribution is -2.69. The maximum atomic E-state index is 13.9. The summed E-state index contributed by atoms with van der Waals surface area (Å²) in [5.41, 5.74) is 0.652. The lowest BCUT2D eigenvalue weighted by atomic mass is 9.32. The van der Waals surface area contributed by atoms with Crippen LogP contribution in [0.3, 0.4) is 0 Å². The number of halogens is 2. The van der Waals surface area contributed by atoms with Crippen LogP contribution in [0.4, 0.5) is 8.78 Å². The molecule has 0 radical (unpaired) electrons. The highest BCUT2D eigenvalue weighted by Gasteiger charge is 2.72. The summed E-state index contributed by atoms with van der Waals surface area (Å²) in [5, 5.41) is 13.9. The molecule has 8 heteroatoms. The summed E-state index contributed by atoms with van der Waals surface area (Å²) < 4.78 is 34.3. The lowest BCUT2D eigenvalue weighted by Gasteiger charge is -2.73. The van der Waals surface area contributed by atoms with Crippen LogP contribution >= 0.6 is 0 Å². The van der Waals surface area contributed by atoms with Crippen molar-refractivity contribution < 1.29 is 28.2 Å². The van der Waals surface area contributed by atoms with E-state index in [0.717, 1.165) is 31.8 Å². The van der Waals surface area contributed by atoms with Crippen molar-refractivity contribution in [2.24, 2.45) is 73.9 Å². The molecule has 0 bridgehead atoms. The number of likely N-dealkylation sites (tertiary alicyclic amines) is 1. The Morgan fingerprint density at radius 1 is 0.717 bits per heavy atom. The van der Waals surface area contributed by atoms with E-state index in [1.165, 1.54) is 64.2 Å². The molecule has 1 saturated heterocycles. The van der Waals surface area contributed by atoms with Gasteiger partial charge in [-0.2, -0.15) is 0 Å². The molecule has 0 aromatic carbocycles. The van der Waals surface area contributed by atoms with Crippen molar-refractivity contribution >= 4 is 11.9 Å². The molecule has 0 amide bonds. The summed E-state index contributed by atoms with van der Waals surface area (Å²) in [5.74, 6) is -1.04. The van der Waals surface area contributed by atoms with Crippen LogP contribution in [0.2, 0.25) is 0 Å². The molecular weight excluding hydrogens is 671 g/mol. The van der Waals surface area contributed by atoms with Gasteiger partial charge in [0.25, 0.3) is 5.92 Å². The molecule has 0 aromatic heterocycles. The number of fused-ring (bicyclic) bond motifs is 7. The number of rotatable bonds is 8. The standard InChI is InChI=1S/C45H72F2N2O4/c1-38(2)30(36(50)51)27-31(38)37(52)53-34-13-14-41(6)32(39(34,3)4)12-15-43(8)33(41)10-9-29-35-28(40(5)17-18-40)11-16-44(35,20-19-42(29,43)7)48-23-26-49-24-21-45(46,47)22-25-49/h28-35,48H,9-27H2,1-8H3,(H,50,51)/t28-,29-,30+,31-,32+,33?,34+,35?,41+,42-,43-,44+/m1/s1. The van der Waals surface area contributed by atoms with Crippen LogP contribution in [-0.2, 0) is 14.3 Å². The number of aliphatic carboxylic acids is 1. The van der Waals surface area contributed by atoms with Gasteiger partial charge in [-0.15, -0.1) is 0 Å². The Labute approximate surface area is 319 Å². The SMILES string of the molecule is CC1([C@@H]2CC[C@]3(NCCN4CCC(F)(F)CC4)CC[C@]4(C)[C@H](CCC5[C@@]6(C)CC[C@H](OC(=O)[C@H]7C[C@@H](C(=O)O)C7(C)C)C(C)(C)[C@@H]6CC[C@]54C)C23)CC1. The fourth-order valence-electron chi connectivity index (χ4n) is 16.0. The number of carboxylic acid groups (broad SMARTS) is 1. The van der Waals surface area contributed by atoms with E-state index in [9.17, 15) is 23.5 Å². The quantitative estimate of drug-likeness (QED) is 0.241. The van der Waals surface area contributed by atoms with Crippen LogP contribution in [-0.4, -0.2) is 65.7 Å². The number of carbonyl (C=O) groups excluding carboxylic acids is 1. The van der Waals surface area contributed by atoms with Crippen molar-refractivity contribution in [1.29, 1.82) is 0 Å². The van der Waals surface area contributed by atoms with Gasteiger partial charge in [-0.1, -0.05) is 55.4 Å². The third-order valence-electron chi connectivity index (χ3n) is 19.9. The minimum atomic E-state index is -2.49. The minimum absolute atomic E-state index is 0.00206. The predicted octanol–water partition coefficient (Wildman–Crippen LogP) is 9.60. The van der Waals surface area contributed by atoms with Gasteiger partial charge < -0.3 is 20.1 Å². The average Bonchev–Trinajstić information content (AvgIpc) is 3.69. The van der Waals surface area contributed by atoms with Gasteiger partial charge in [0.1, 0.15) is 6.10 Å². The molecule has 7 saturated carbocycles. The Kier molecular flexibility index (Phi) is 9.00. The first-order valence-corrected chi connectivity index (χ1v) is 21.9. The lowest BCUT2D eigenvalue weighted by molar-refractivity contribution is -0.249. The second kappa shape index (κ2) is 12.4. The van der Waals surface area contributed by atoms with Gasteiger partial charge in [0.15, 0.2) is 0 Å². The van der Waals surface area contributed by atoms with Crippen LogP contribution in [0.5, 0.6) is 0 Å². The van der Waals surface area contributed by atoms with Gasteiger partial charge in [0.05, 0.1) is 11.8 Å². The normalized spacial score (nSPS) is 48.9. The first kappa shape index (κ1) is 38.6. The number of alkyl halides is 2. The van der Waals surface area contributed by atoms with E-state index in [0.29, 0.717) is 48.6 Å². The topological polar surface area (TPSA) is 78.9 Å². The van der Waals surface area contributed by atoms with Gasteiger partial charge in [-0.05, 0) is 140 Å². The van der Waals surface area contributed by atoms with Gasteiger partial charge in [0.2, 0.25) is 0 Å². The fraction of sp³-hybridized carbons (Fsp3) is 0.956. The van der Waals surface area contributed by atoms with Crippen molar-refractivity contribution in [2.75, 3.05) is 26.2 Å². The zero-order valence-electron chi connectivity index (χ0n) is 34.4. The van der Waals surface area contributed by atoms with Gasteiger partial charge >= 0.3 is 11.9 Å². The zero-order valence-corrected chi connectivity index (χ0v) is 34.4. The molecule has 53 heavy (non-hydrogen) atoms. The van der Waals surface area contributed by atoms with Crippen LogP contribution in [0, 0.1) is 73.9 Å². The molecule has 1 heterocycles. The first-order chi connectivity index (χ1) is 24.6. The maximum absolute atomic E-state index is 13.9. The molecule has 0 aromatic rings. The Hall–Kier alpha value is -1.28. The van der Waals surface area contributed by atoms with E-state index in [1.807, 2.05) is 13.8 Å². The summed E-state index contributed by atoms with van der Waals surface area (Å²) in [6.07, 6.45) is 15.1. The number of piperidine rings is 1. The molecule has 1 aliphatic heterocycles. The Balaban J connectivity index is 0.998. The largest absolute Gasteiger partial charge is 0.481 e. The van der Waals surface area contributed by atoms with Crippen molar-refractivity contribution in [3.05, 3.63) is 0 Å². The van der Waals surface area contributed by atoms with Gasteiger partial charge in [0, 0.05) is 50.0 Å². The Morgan fingerprint density at radius 3 is 2.06 bits per heavy atom. The van der Waals surface area contributed by atoms with E-state index >= 15 is 0 Å². The van der Waals surface area contributed by atoms with E-state index < -0.39 is 23.2 Å². The van der Waals surface area contributed by atoms with Crippen LogP contribution in [0.1, 0.15) is 152 Å². The van der Waals surface area contributed by atoms with E-state index in [1.54, 1.807) is 0 Å². The summed E-state index contributed by atoms with van der Waals surface area (Å²) in [6.45, 7) is 22.0. The highest BCUT2D eigenvalue weighted by Crippen LogP contribution is 2.78. The molecule has 8 rings (SSSR count). The van der Waals surface area contributed by atoms with Crippen molar-refractivity contribution in [3.63, 3.8) is 0 Å². The second-order valence-corrected chi connectivity index (χ2v) is 22.6. The first-order valence-electron chi connectivity index (χ1n) is 21.9. The van der Waals surface area contributed by atoms with Crippen molar-refractivity contribution in [1.82, 2.24) is 10.2 Å². The van der Waals surface area contributed by atoms with Crippen LogP contribution in [0.15, 0.2) is 0 Å². The highest BCUT2D eigenvalue weighted by atomic mass is 19.3. The Morgan fingerprint density at radius 2 is 1.42 bits per heavy atom. The van der Waals surface area contributed by atoms with Crippen molar-refractivity contribution in [3.8, 4) is 0 Å². The van der Waals surface area contributed by atoms with Gasteiger partial charge in [-0.3, -0.25) is 9.59 Å². The summed E-state index contributed by atoms with van der Waals surface area (Å²) in [7, 11) is 0. The molecular formula is C45H72F2N2O4. The molecule has 12 atom stereocenters. The number of nitrogens with one attached hydrogen (secondary N) is 1. The second-order valence-electron chi connectivity index (χ2n) is 22.6. The highest BCUT2D eigenvalue weighted by molar-refractivity contribution is 5.81. The fourth-order valence-corrected chi connectivity index (χ4v) is 16.0. The third kappa shape index (κ3) is 5.67. The monoisotopic (exact) mass is 743 g/mol. The summed E-state index contributed by atoms with van der Waals surface area (Å²) in [4.78, 5) is 27.7.